The van der Waals surface area contributed by atoms with E-state index in [0.717, 1.165) is 11.3 Å². The number of hydrogen-bond donors (Lipinski definition) is 2. The van der Waals surface area contributed by atoms with Gasteiger partial charge in [-0.25, -0.2) is 9.78 Å². The van der Waals surface area contributed by atoms with Gasteiger partial charge in [0, 0.05) is 18.8 Å². The fourth-order valence-corrected chi connectivity index (χ4v) is 1.94. The first-order valence-corrected chi connectivity index (χ1v) is 6.56. The molecule has 0 spiro atoms. The molecule has 21 heavy (non-hydrogen) atoms. The van der Waals surface area contributed by atoms with Crippen molar-refractivity contribution in [2.45, 2.75) is 13.0 Å². The number of esters is 1. The minimum Gasteiger partial charge on any atom is -0.467 e. The van der Waals surface area contributed by atoms with Crippen LogP contribution in [0.4, 0.5) is 11.8 Å². The van der Waals surface area contributed by atoms with Gasteiger partial charge >= 0.3 is 5.97 Å². The number of anilines is 2. The highest BCUT2D eigenvalue weighted by atomic mass is 16.5. The molecule has 1 aromatic carbocycles. The molecule has 0 fully saturated rings. The van der Waals surface area contributed by atoms with Crippen molar-refractivity contribution in [2.24, 2.45) is 0 Å². The minimum atomic E-state index is -0.616. The largest absolute Gasteiger partial charge is 0.467 e. The maximum absolute atomic E-state index is 12.0. The van der Waals surface area contributed by atoms with Crippen LogP contribution in [-0.4, -0.2) is 30.1 Å². The number of aryl methyl sites for hydroxylation is 1. The normalized spacial score (nSPS) is 11.6. The monoisotopic (exact) mass is 286 g/mol. The molecule has 2 N–H and O–H groups in total. The quantitative estimate of drug-likeness (QED) is 0.820. The number of carbonyl (C=O) groups excluding carboxylic acids is 1. The third kappa shape index (κ3) is 3.68. The number of aromatic nitrogens is 2. The first-order chi connectivity index (χ1) is 10.1. The van der Waals surface area contributed by atoms with Crippen molar-refractivity contribution in [3.8, 4) is 0 Å². The number of nitrogens with zero attached hydrogens (tertiary/aromatic N) is 2. The van der Waals surface area contributed by atoms with Gasteiger partial charge in [0.15, 0.2) is 6.04 Å². The van der Waals surface area contributed by atoms with Crippen molar-refractivity contribution < 1.29 is 9.53 Å². The number of methoxy groups -OCH3 is 1. The number of hydrogen-bond acceptors (Lipinski definition) is 6. The van der Waals surface area contributed by atoms with Crippen LogP contribution in [0, 0.1) is 6.92 Å². The number of rotatable bonds is 5. The Morgan fingerprint density at radius 1 is 1.24 bits per heavy atom. The average Bonchev–Trinajstić information content (AvgIpc) is 2.52. The van der Waals surface area contributed by atoms with Crippen LogP contribution in [0.2, 0.25) is 0 Å². The van der Waals surface area contributed by atoms with E-state index in [1.807, 2.05) is 37.3 Å². The molecular weight excluding hydrogens is 268 g/mol. The van der Waals surface area contributed by atoms with E-state index in [-0.39, 0.29) is 5.97 Å². The van der Waals surface area contributed by atoms with Crippen molar-refractivity contribution in [3.05, 3.63) is 47.7 Å². The van der Waals surface area contributed by atoms with Crippen LogP contribution in [-0.2, 0) is 9.53 Å². The van der Waals surface area contributed by atoms with Crippen molar-refractivity contribution in [3.63, 3.8) is 0 Å². The Kier molecular flexibility index (Phi) is 4.71. The molecule has 2 rings (SSSR count). The fourth-order valence-electron chi connectivity index (χ4n) is 1.94. The Hall–Kier alpha value is -2.63. The molecule has 1 heterocycles. The summed E-state index contributed by atoms with van der Waals surface area (Å²) in [6, 6.07) is 10.5. The average molecular weight is 286 g/mol. The van der Waals surface area contributed by atoms with Crippen LogP contribution in [0.1, 0.15) is 17.3 Å². The van der Waals surface area contributed by atoms with Gasteiger partial charge in [0.05, 0.1) is 7.11 Å². The predicted molar refractivity (Wildman–Crippen MR) is 81.1 cm³/mol. The Balaban J connectivity index is 2.31. The van der Waals surface area contributed by atoms with E-state index in [9.17, 15) is 4.79 Å². The molecule has 6 heteroatoms. The molecular formula is C15H18N4O2. The molecule has 110 valence electrons. The maximum atomic E-state index is 12.0. The van der Waals surface area contributed by atoms with Crippen molar-refractivity contribution in [1.82, 2.24) is 9.97 Å². The van der Waals surface area contributed by atoms with E-state index < -0.39 is 6.04 Å². The lowest BCUT2D eigenvalue weighted by atomic mass is 10.1. The standard InChI is InChI=1S/C15H18N4O2/c1-10-9-12(19-15(16-2)17-10)18-13(14(20)21-3)11-7-5-4-6-8-11/h4-9,13H,1-3H3,(H2,16,17,18,19). The van der Waals surface area contributed by atoms with Gasteiger partial charge in [-0.1, -0.05) is 30.3 Å². The molecule has 1 atom stereocenters. The van der Waals surface area contributed by atoms with Crippen LogP contribution in [0.5, 0.6) is 0 Å². The Morgan fingerprint density at radius 3 is 2.57 bits per heavy atom. The van der Waals surface area contributed by atoms with E-state index in [1.54, 1.807) is 13.1 Å². The Morgan fingerprint density at radius 2 is 1.95 bits per heavy atom. The van der Waals surface area contributed by atoms with E-state index in [0.29, 0.717) is 11.8 Å². The van der Waals surface area contributed by atoms with Crippen LogP contribution in [0.3, 0.4) is 0 Å². The summed E-state index contributed by atoms with van der Waals surface area (Å²) in [4.78, 5) is 20.5. The second-order valence-electron chi connectivity index (χ2n) is 4.48. The summed E-state index contributed by atoms with van der Waals surface area (Å²) < 4.78 is 4.87. The lowest BCUT2D eigenvalue weighted by molar-refractivity contribution is -0.141. The second kappa shape index (κ2) is 6.69. The SMILES string of the molecule is CNc1nc(C)cc(NC(C(=O)OC)c2ccccc2)n1. The van der Waals surface area contributed by atoms with Crippen molar-refractivity contribution in [1.29, 1.82) is 0 Å². The highest BCUT2D eigenvalue weighted by molar-refractivity contribution is 5.80. The Bertz CT molecular complexity index is 616. The molecule has 1 unspecified atom stereocenters. The fraction of sp³-hybridized carbons (Fsp3) is 0.267. The summed E-state index contributed by atoms with van der Waals surface area (Å²) >= 11 is 0. The molecule has 0 saturated carbocycles. The maximum Gasteiger partial charge on any atom is 0.333 e. The molecule has 2 aromatic rings. The van der Waals surface area contributed by atoms with Crippen LogP contribution in [0.15, 0.2) is 36.4 Å². The van der Waals surface area contributed by atoms with Gasteiger partial charge in [0.25, 0.3) is 0 Å². The molecule has 0 radical (unpaired) electrons. The van der Waals surface area contributed by atoms with E-state index in [1.165, 1.54) is 7.11 Å². The molecule has 0 bridgehead atoms. The van der Waals surface area contributed by atoms with E-state index in [4.69, 9.17) is 4.74 Å². The van der Waals surface area contributed by atoms with Gasteiger partial charge in [-0.2, -0.15) is 4.98 Å². The molecule has 0 aliphatic carbocycles. The summed E-state index contributed by atoms with van der Waals surface area (Å²) in [7, 11) is 3.11. The number of ether oxygens (including phenoxy) is 1. The van der Waals surface area contributed by atoms with Crippen LogP contribution < -0.4 is 10.6 Å². The van der Waals surface area contributed by atoms with Crippen molar-refractivity contribution in [2.75, 3.05) is 24.8 Å². The predicted octanol–water partition coefficient (Wildman–Crippen LogP) is 2.15. The third-order valence-electron chi connectivity index (χ3n) is 2.94. The van der Waals surface area contributed by atoms with Gasteiger partial charge in [-0.3, -0.25) is 0 Å². The van der Waals surface area contributed by atoms with Crippen LogP contribution in [0.25, 0.3) is 0 Å². The molecule has 0 aliphatic rings. The second-order valence-corrected chi connectivity index (χ2v) is 4.48. The summed E-state index contributed by atoms with van der Waals surface area (Å²) in [5.41, 5.74) is 1.61. The zero-order valence-corrected chi connectivity index (χ0v) is 12.3. The Labute approximate surface area is 123 Å². The summed E-state index contributed by atoms with van der Waals surface area (Å²) in [6.07, 6.45) is 0. The zero-order valence-electron chi connectivity index (χ0n) is 12.3. The summed E-state index contributed by atoms with van der Waals surface area (Å²) in [5, 5.41) is 5.98. The summed E-state index contributed by atoms with van der Waals surface area (Å²) in [6.45, 7) is 1.86. The smallest absolute Gasteiger partial charge is 0.333 e. The van der Waals surface area contributed by atoms with Gasteiger partial charge in [-0.15, -0.1) is 0 Å². The van der Waals surface area contributed by atoms with Gasteiger partial charge in [0.2, 0.25) is 5.95 Å². The minimum absolute atomic E-state index is 0.372. The number of carbonyl (C=O) groups is 1. The molecule has 0 aliphatic heterocycles. The van der Waals surface area contributed by atoms with E-state index in [2.05, 4.69) is 20.6 Å². The number of benzene rings is 1. The zero-order chi connectivity index (χ0) is 15.2. The lowest BCUT2D eigenvalue weighted by Crippen LogP contribution is -2.23. The molecule has 0 amide bonds. The van der Waals surface area contributed by atoms with Gasteiger partial charge < -0.3 is 15.4 Å². The topological polar surface area (TPSA) is 76.1 Å². The molecule has 0 saturated heterocycles. The third-order valence-corrected chi connectivity index (χ3v) is 2.94. The van der Waals surface area contributed by atoms with Crippen molar-refractivity contribution >= 4 is 17.7 Å². The van der Waals surface area contributed by atoms with Gasteiger partial charge in [-0.05, 0) is 12.5 Å². The highest BCUT2D eigenvalue weighted by Gasteiger charge is 2.21. The molecule has 1 aromatic heterocycles. The lowest BCUT2D eigenvalue weighted by Gasteiger charge is -2.18. The first-order valence-electron chi connectivity index (χ1n) is 6.56. The number of nitrogens with one attached hydrogen (secondary N) is 2. The van der Waals surface area contributed by atoms with Crippen LogP contribution >= 0.6 is 0 Å². The van der Waals surface area contributed by atoms with E-state index >= 15 is 0 Å². The summed E-state index contributed by atoms with van der Waals surface area (Å²) in [5.74, 6) is 0.684. The molecule has 6 nitrogen and oxygen atoms in total. The first kappa shape index (κ1) is 14.8. The highest BCUT2D eigenvalue weighted by Crippen LogP contribution is 2.20. The van der Waals surface area contributed by atoms with Gasteiger partial charge in [0.1, 0.15) is 5.82 Å².